The Bertz CT molecular complexity index is 514. The van der Waals surface area contributed by atoms with Crippen LogP contribution in [-0.4, -0.2) is 18.2 Å². The fourth-order valence-electron chi connectivity index (χ4n) is 2.27. The maximum atomic E-state index is 5.61. The molecule has 0 amide bonds. The summed E-state index contributed by atoms with van der Waals surface area (Å²) < 4.78 is 7.50. The molecule has 86 valence electrons. The number of hydrogen-bond donors (Lipinski definition) is 1. The lowest BCUT2D eigenvalue weighted by molar-refractivity contribution is 0.415. The van der Waals surface area contributed by atoms with E-state index in [1.54, 1.807) is 7.11 Å². The van der Waals surface area contributed by atoms with E-state index in [9.17, 15) is 0 Å². The van der Waals surface area contributed by atoms with Gasteiger partial charge in [-0.3, -0.25) is 0 Å². The van der Waals surface area contributed by atoms with Crippen molar-refractivity contribution in [2.45, 2.75) is 13.3 Å². The Labute approximate surface area is 95.8 Å². The van der Waals surface area contributed by atoms with Crippen molar-refractivity contribution in [3.8, 4) is 5.75 Å². The van der Waals surface area contributed by atoms with Crippen LogP contribution in [-0.2, 0) is 13.5 Å². The number of aromatic nitrogens is 1. The number of methoxy groups -OCH3 is 1. The summed E-state index contributed by atoms with van der Waals surface area (Å²) in [5, 5.41) is 1.22. The first kappa shape index (κ1) is 11.0. The van der Waals surface area contributed by atoms with Gasteiger partial charge in [0.25, 0.3) is 0 Å². The highest BCUT2D eigenvalue weighted by Crippen LogP contribution is 2.27. The molecule has 0 spiro atoms. The molecule has 1 heterocycles. The smallest absolute Gasteiger partial charge is 0.119 e. The van der Waals surface area contributed by atoms with Gasteiger partial charge in [0, 0.05) is 18.1 Å². The lowest BCUT2D eigenvalue weighted by Crippen LogP contribution is -2.06. The van der Waals surface area contributed by atoms with E-state index in [-0.39, 0.29) is 0 Å². The van der Waals surface area contributed by atoms with Crippen molar-refractivity contribution in [2.75, 3.05) is 13.7 Å². The minimum Gasteiger partial charge on any atom is -0.497 e. The summed E-state index contributed by atoms with van der Waals surface area (Å²) in [7, 11) is 3.79. The molecule has 0 bridgehead atoms. The number of nitrogens with zero attached hydrogens (tertiary/aromatic N) is 1. The van der Waals surface area contributed by atoms with E-state index < -0.39 is 0 Å². The molecule has 1 aromatic carbocycles. The van der Waals surface area contributed by atoms with Crippen molar-refractivity contribution in [1.82, 2.24) is 4.57 Å². The quantitative estimate of drug-likeness (QED) is 0.856. The van der Waals surface area contributed by atoms with E-state index in [1.165, 1.54) is 22.2 Å². The van der Waals surface area contributed by atoms with Gasteiger partial charge in [0.1, 0.15) is 5.75 Å². The molecule has 0 fully saturated rings. The van der Waals surface area contributed by atoms with Gasteiger partial charge in [-0.15, -0.1) is 0 Å². The standard InChI is InChI=1S/C13H18N2O/c1-9-6-12(16-3)8-10-7-11(4-5-14)15(2)13(9)10/h6-8H,4-5,14H2,1-3H3. The van der Waals surface area contributed by atoms with Crippen LogP contribution >= 0.6 is 0 Å². The monoisotopic (exact) mass is 218 g/mol. The summed E-state index contributed by atoms with van der Waals surface area (Å²) in [6.07, 6.45) is 0.910. The average molecular weight is 218 g/mol. The Morgan fingerprint density at radius 2 is 2.06 bits per heavy atom. The minimum absolute atomic E-state index is 0.681. The molecule has 0 atom stereocenters. The van der Waals surface area contributed by atoms with E-state index in [0.29, 0.717) is 6.54 Å². The van der Waals surface area contributed by atoms with Crippen LogP contribution in [0.3, 0.4) is 0 Å². The first-order chi connectivity index (χ1) is 7.67. The topological polar surface area (TPSA) is 40.2 Å². The molecule has 0 saturated carbocycles. The highest BCUT2D eigenvalue weighted by atomic mass is 16.5. The minimum atomic E-state index is 0.681. The van der Waals surface area contributed by atoms with Gasteiger partial charge in [0.2, 0.25) is 0 Å². The van der Waals surface area contributed by atoms with Crippen LogP contribution in [0.15, 0.2) is 18.2 Å². The van der Waals surface area contributed by atoms with E-state index in [1.807, 2.05) is 0 Å². The third-order valence-corrected chi connectivity index (χ3v) is 3.03. The van der Waals surface area contributed by atoms with Crippen molar-refractivity contribution in [3.05, 3.63) is 29.5 Å². The SMILES string of the molecule is COc1cc(C)c2c(c1)cc(CCN)n2C. The zero-order valence-electron chi connectivity index (χ0n) is 10.1. The largest absolute Gasteiger partial charge is 0.497 e. The molecular weight excluding hydrogens is 200 g/mol. The fraction of sp³-hybridized carbons (Fsp3) is 0.385. The van der Waals surface area contributed by atoms with Crippen LogP contribution in [0, 0.1) is 6.92 Å². The third kappa shape index (κ3) is 1.67. The Morgan fingerprint density at radius 3 is 2.69 bits per heavy atom. The molecule has 16 heavy (non-hydrogen) atoms. The molecule has 0 aliphatic heterocycles. The lowest BCUT2D eigenvalue weighted by Gasteiger charge is -2.06. The van der Waals surface area contributed by atoms with Gasteiger partial charge in [0.05, 0.1) is 12.6 Å². The molecule has 3 nitrogen and oxygen atoms in total. The van der Waals surface area contributed by atoms with Crippen LogP contribution in [0.4, 0.5) is 0 Å². The predicted octanol–water partition coefficient (Wildman–Crippen LogP) is 2.00. The molecule has 2 rings (SSSR count). The van der Waals surface area contributed by atoms with Crippen LogP contribution in [0.5, 0.6) is 5.75 Å². The number of nitrogens with two attached hydrogens (primary N) is 1. The molecule has 2 N–H and O–H groups in total. The number of aryl methyl sites for hydroxylation is 2. The average Bonchev–Trinajstić information content (AvgIpc) is 2.56. The summed E-state index contributed by atoms with van der Waals surface area (Å²) >= 11 is 0. The maximum Gasteiger partial charge on any atom is 0.119 e. The molecule has 2 aromatic rings. The summed E-state index contributed by atoms with van der Waals surface area (Å²) in [5.41, 5.74) is 9.38. The molecule has 0 saturated heterocycles. The third-order valence-electron chi connectivity index (χ3n) is 3.03. The number of rotatable bonds is 3. The van der Waals surface area contributed by atoms with Gasteiger partial charge >= 0.3 is 0 Å². The van der Waals surface area contributed by atoms with Crippen molar-refractivity contribution < 1.29 is 4.74 Å². The molecule has 3 heteroatoms. The first-order valence-corrected chi connectivity index (χ1v) is 5.50. The van der Waals surface area contributed by atoms with Crippen LogP contribution in [0.2, 0.25) is 0 Å². The zero-order chi connectivity index (χ0) is 11.7. The second-order valence-corrected chi connectivity index (χ2v) is 4.12. The summed E-state index contributed by atoms with van der Waals surface area (Å²) in [6.45, 7) is 2.79. The van der Waals surface area contributed by atoms with Crippen molar-refractivity contribution in [1.29, 1.82) is 0 Å². The molecule has 1 aromatic heterocycles. The van der Waals surface area contributed by atoms with E-state index in [0.717, 1.165) is 12.2 Å². The summed E-state index contributed by atoms with van der Waals surface area (Å²) in [6, 6.07) is 6.33. The number of ether oxygens (including phenoxy) is 1. The van der Waals surface area contributed by atoms with Crippen LogP contribution in [0.1, 0.15) is 11.3 Å². The van der Waals surface area contributed by atoms with Crippen LogP contribution < -0.4 is 10.5 Å². The number of fused-ring (bicyclic) bond motifs is 1. The highest BCUT2D eigenvalue weighted by molar-refractivity contribution is 5.85. The predicted molar refractivity (Wildman–Crippen MR) is 67.0 cm³/mol. The fourth-order valence-corrected chi connectivity index (χ4v) is 2.27. The van der Waals surface area contributed by atoms with Gasteiger partial charge in [-0.05, 0) is 43.7 Å². The molecule has 0 unspecified atom stereocenters. The second-order valence-electron chi connectivity index (χ2n) is 4.12. The Balaban J connectivity index is 2.65. The Morgan fingerprint density at radius 1 is 1.31 bits per heavy atom. The molecule has 0 aliphatic rings. The lowest BCUT2D eigenvalue weighted by atomic mass is 10.1. The van der Waals surface area contributed by atoms with Crippen molar-refractivity contribution in [2.24, 2.45) is 12.8 Å². The van der Waals surface area contributed by atoms with E-state index in [4.69, 9.17) is 10.5 Å². The van der Waals surface area contributed by atoms with Gasteiger partial charge in [0.15, 0.2) is 0 Å². The molecule has 0 aliphatic carbocycles. The van der Waals surface area contributed by atoms with Gasteiger partial charge in [-0.25, -0.2) is 0 Å². The zero-order valence-corrected chi connectivity index (χ0v) is 10.1. The summed E-state index contributed by atoms with van der Waals surface area (Å²) in [5.74, 6) is 0.912. The van der Waals surface area contributed by atoms with E-state index >= 15 is 0 Å². The Hall–Kier alpha value is -1.48. The van der Waals surface area contributed by atoms with Crippen molar-refractivity contribution in [3.63, 3.8) is 0 Å². The first-order valence-electron chi connectivity index (χ1n) is 5.50. The Kier molecular flexibility index (Phi) is 2.88. The van der Waals surface area contributed by atoms with Gasteiger partial charge in [-0.2, -0.15) is 0 Å². The highest BCUT2D eigenvalue weighted by Gasteiger charge is 2.09. The summed E-state index contributed by atoms with van der Waals surface area (Å²) in [4.78, 5) is 0. The molecule has 0 radical (unpaired) electrons. The number of benzene rings is 1. The second kappa shape index (κ2) is 4.18. The number of hydrogen-bond acceptors (Lipinski definition) is 2. The van der Waals surface area contributed by atoms with Crippen molar-refractivity contribution >= 4 is 10.9 Å². The van der Waals surface area contributed by atoms with Gasteiger partial charge in [-0.1, -0.05) is 0 Å². The normalized spacial score (nSPS) is 11.0. The van der Waals surface area contributed by atoms with Gasteiger partial charge < -0.3 is 15.0 Å². The van der Waals surface area contributed by atoms with Crippen LogP contribution in [0.25, 0.3) is 10.9 Å². The molecular formula is C13H18N2O. The van der Waals surface area contributed by atoms with E-state index in [2.05, 4.69) is 36.7 Å². The maximum absolute atomic E-state index is 5.61.